The third kappa shape index (κ3) is 3.13. The van der Waals surface area contributed by atoms with Gasteiger partial charge in [-0.3, -0.25) is 10.1 Å². The summed E-state index contributed by atoms with van der Waals surface area (Å²) in [5, 5.41) is 3.50. The van der Waals surface area contributed by atoms with E-state index in [0.29, 0.717) is 11.0 Å². The largest absolute Gasteiger partial charge is 0.296 e. The molecule has 20 heavy (non-hydrogen) atoms. The van der Waals surface area contributed by atoms with Crippen LogP contribution in [0.5, 0.6) is 0 Å². The lowest BCUT2D eigenvalue weighted by atomic mass is 10.2. The molecule has 2 heterocycles. The molecule has 0 aliphatic carbocycles. The van der Waals surface area contributed by atoms with Gasteiger partial charge >= 0.3 is 0 Å². The van der Waals surface area contributed by atoms with Gasteiger partial charge in [-0.1, -0.05) is 25.4 Å². The molecule has 1 amide bonds. The minimum absolute atomic E-state index is 0.128. The van der Waals surface area contributed by atoms with E-state index in [1.807, 2.05) is 27.7 Å². The van der Waals surface area contributed by atoms with Crippen molar-refractivity contribution < 1.29 is 4.79 Å². The first-order valence-electron chi connectivity index (χ1n) is 6.16. The number of carbonyl (C=O) groups is 1. The van der Waals surface area contributed by atoms with E-state index < -0.39 is 0 Å². The highest BCUT2D eigenvalue weighted by molar-refractivity contribution is 7.15. The van der Waals surface area contributed by atoms with Gasteiger partial charge in [0.1, 0.15) is 5.82 Å². The van der Waals surface area contributed by atoms with Crippen LogP contribution in [0.3, 0.4) is 0 Å². The van der Waals surface area contributed by atoms with Crippen molar-refractivity contribution in [3.8, 4) is 0 Å². The fraction of sp³-hybridized carbons (Fsp3) is 0.385. The van der Waals surface area contributed by atoms with E-state index in [2.05, 4.69) is 20.3 Å². The molecule has 5 nitrogen and oxygen atoms in total. The number of hydrogen-bond acceptors (Lipinski definition) is 5. The Balaban J connectivity index is 2.26. The van der Waals surface area contributed by atoms with Crippen LogP contribution in [0.2, 0.25) is 5.02 Å². The molecule has 7 heteroatoms. The molecule has 1 N–H and O–H groups in total. The number of anilines is 1. The predicted molar refractivity (Wildman–Crippen MR) is 80.7 cm³/mol. The summed E-state index contributed by atoms with van der Waals surface area (Å²) in [4.78, 5) is 25.9. The average Bonchev–Trinajstić information content (AvgIpc) is 2.68. The highest BCUT2D eigenvalue weighted by atomic mass is 35.5. The van der Waals surface area contributed by atoms with Gasteiger partial charge in [-0.15, -0.1) is 11.3 Å². The summed E-state index contributed by atoms with van der Waals surface area (Å²) in [5.74, 6) is 0.349. The second-order valence-corrected chi connectivity index (χ2v) is 6.30. The molecule has 0 saturated carbocycles. The topological polar surface area (TPSA) is 67.8 Å². The first kappa shape index (κ1) is 14.9. The smallest absolute Gasteiger partial charge is 0.277 e. The Kier molecular flexibility index (Phi) is 4.35. The van der Waals surface area contributed by atoms with Crippen LogP contribution < -0.4 is 5.32 Å². The minimum Gasteiger partial charge on any atom is -0.296 e. The van der Waals surface area contributed by atoms with Gasteiger partial charge in [0.2, 0.25) is 0 Å². The normalized spacial score (nSPS) is 10.9. The van der Waals surface area contributed by atoms with Crippen molar-refractivity contribution in [1.82, 2.24) is 15.0 Å². The van der Waals surface area contributed by atoms with Gasteiger partial charge in [0, 0.05) is 10.8 Å². The number of thiazole rings is 1. The van der Waals surface area contributed by atoms with Crippen LogP contribution in [0.1, 0.15) is 46.6 Å². The van der Waals surface area contributed by atoms with Crippen LogP contribution in [0.25, 0.3) is 0 Å². The standard InChI is InChI=1S/C13H15ClN4OS/c1-6(2)11-15-5-9(14)10(17-11)12(19)18-13-16-7(3)8(4)20-13/h5-6H,1-4H3,(H,16,18,19). The third-order valence-electron chi connectivity index (χ3n) is 2.74. The molecule has 0 radical (unpaired) electrons. The monoisotopic (exact) mass is 310 g/mol. The lowest BCUT2D eigenvalue weighted by Gasteiger charge is -2.07. The van der Waals surface area contributed by atoms with E-state index in [0.717, 1.165) is 10.6 Å². The van der Waals surface area contributed by atoms with Crippen LogP contribution in [-0.2, 0) is 0 Å². The molecule has 106 valence electrons. The Labute approximate surface area is 126 Å². The molecule has 0 unspecified atom stereocenters. The maximum atomic E-state index is 12.2. The molecule has 2 rings (SSSR count). The fourth-order valence-corrected chi connectivity index (χ4v) is 2.49. The molecule has 0 bridgehead atoms. The third-order valence-corrected chi connectivity index (χ3v) is 4.01. The van der Waals surface area contributed by atoms with Gasteiger partial charge in [0.05, 0.1) is 16.9 Å². The van der Waals surface area contributed by atoms with E-state index in [1.54, 1.807) is 0 Å². The van der Waals surface area contributed by atoms with Gasteiger partial charge in [-0.2, -0.15) is 0 Å². The highest BCUT2D eigenvalue weighted by Crippen LogP contribution is 2.23. The number of nitrogens with one attached hydrogen (secondary N) is 1. The molecule has 2 aromatic rings. The Morgan fingerprint density at radius 1 is 1.35 bits per heavy atom. The summed E-state index contributed by atoms with van der Waals surface area (Å²) >= 11 is 7.42. The van der Waals surface area contributed by atoms with E-state index >= 15 is 0 Å². The molecule has 0 fully saturated rings. The number of hydrogen-bond donors (Lipinski definition) is 1. The molecular weight excluding hydrogens is 296 g/mol. The molecule has 0 aromatic carbocycles. The number of aryl methyl sites for hydroxylation is 2. The van der Waals surface area contributed by atoms with Gasteiger partial charge in [0.15, 0.2) is 10.8 Å². The first-order valence-corrected chi connectivity index (χ1v) is 7.35. The van der Waals surface area contributed by atoms with Crippen LogP contribution in [0, 0.1) is 13.8 Å². The summed E-state index contributed by atoms with van der Waals surface area (Å²) in [7, 11) is 0. The van der Waals surface area contributed by atoms with Gasteiger partial charge in [-0.05, 0) is 13.8 Å². The fourth-order valence-electron chi connectivity index (χ4n) is 1.50. The molecule has 2 aromatic heterocycles. The molecule has 0 aliphatic heterocycles. The summed E-state index contributed by atoms with van der Waals surface area (Å²) in [6.45, 7) is 7.77. The Morgan fingerprint density at radius 2 is 2.05 bits per heavy atom. The van der Waals surface area contributed by atoms with Crippen LogP contribution in [0.15, 0.2) is 6.20 Å². The number of carbonyl (C=O) groups excluding carboxylic acids is 1. The van der Waals surface area contributed by atoms with Crippen molar-refractivity contribution in [2.75, 3.05) is 5.32 Å². The Bertz CT molecular complexity index is 634. The van der Waals surface area contributed by atoms with Crippen LogP contribution in [0.4, 0.5) is 5.13 Å². The molecule has 0 aliphatic rings. The number of nitrogens with zero attached hydrogens (tertiary/aromatic N) is 3. The van der Waals surface area contributed by atoms with Crippen molar-refractivity contribution in [3.63, 3.8) is 0 Å². The molecular formula is C13H15ClN4OS. The second-order valence-electron chi connectivity index (χ2n) is 4.69. The zero-order valence-corrected chi connectivity index (χ0v) is 13.3. The second kappa shape index (κ2) is 5.85. The lowest BCUT2D eigenvalue weighted by Crippen LogP contribution is -2.16. The van der Waals surface area contributed by atoms with Crippen LogP contribution >= 0.6 is 22.9 Å². The van der Waals surface area contributed by atoms with Crippen molar-refractivity contribution >= 4 is 34.0 Å². The molecule has 0 atom stereocenters. The number of rotatable bonds is 3. The van der Waals surface area contributed by atoms with Crippen molar-refractivity contribution in [3.05, 3.63) is 33.3 Å². The van der Waals surface area contributed by atoms with E-state index in [1.165, 1.54) is 17.5 Å². The summed E-state index contributed by atoms with van der Waals surface area (Å²) < 4.78 is 0. The summed E-state index contributed by atoms with van der Waals surface area (Å²) in [6.07, 6.45) is 1.46. The maximum absolute atomic E-state index is 12.2. The minimum atomic E-state index is -0.368. The van der Waals surface area contributed by atoms with Crippen LogP contribution in [-0.4, -0.2) is 20.9 Å². The quantitative estimate of drug-likeness (QED) is 0.941. The predicted octanol–water partition coefficient (Wildman–Crippen LogP) is 3.58. The SMILES string of the molecule is Cc1nc(NC(=O)c2nc(C(C)C)ncc2Cl)sc1C. The highest BCUT2D eigenvalue weighted by Gasteiger charge is 2.17. The Hall–Kier alpha value is -1.53. The molecule has 0 saturated heterocycles. The van der Waals surface area contributed by atoms with Crippen molar-refractivity contribution in [1.29, 1.82) is 0 Å². The van der Waals surface area contributed by atoms with E-state index in [9.17, 15) is 4.79 Å². The van der Waals surface area contributed by atoms with Crippen molar-refractivity contribution in [2.24, 2.45) is 0 Å². The maximum Gasteiger partial charge on any atom is 0.277 e. The number of halogens is 1. The lowest BCUT2D eigenvalue weighted by molar-refractivity contribution is 0.102. The van der Waals surface area contributed by atoms with E-state index in [4.69, 9.17) is 11.6 Å². The first-order chi connectivity index (χ1) is 9.38. The Morgan fingerprint density at radius 3 is 2.60 bits per heavy atom. The molecule has 0 spiro atoms. The van der Waals surface area contributed by atoms with Gasteiger partial charge in [-0.25, -0.2) is 15.0 Å². The number of aromatic nitrogens is 3. The summed E-state index contributed by atoms with van der Waals surface area (Å²) in [6, 6.07) is 0. The van der Waals surface area contributed by atoms with Crippen molar-refractivity contribution in [2.45, 2.75) is 33.6 Å². The van der Waals surface area contributed by atoms with E-state index in [-0.39, 0.29) is 22.5 Å². The summed E-state index contributed by atoms with van der Waals surface area (Å²) in [5.41, 5.74) is 1.08. The van der Waals surface area contributed by atoms with Gasteiger partial charge in [0.25, 0.3) is 5.91 Å². The zero-order valence-electron chi connectivity index (χ0n) is 11.7. The zero-order chi connectivity index (χ0) is 14.9. The average molecular weight is 311 g/mol. The number of amides is 1. The van der Waals surface area contributed by atoms with Gasteiger partial charge < -0.3 is 0 Å².